The largest absolute Gasteiger partial charge is 0.352 e. The summed E-state index contributed by atoms with van der Waals surface area (Å²) in [6.45, 7) is 6.50. The van der Waals surface area contributed by atoms with Crippen molar-refractivity contribution in [3.05, 3.63) is 70.8 Å². The van der Waals surface area contributed by atoms with Crippen molar-refractivity contribution in [1.29, 1.82) is 0 Å². The summed E-state index contributed by atoms with van der Waals surface area (Å²) in [6, 6.07) is 16.2. The lowest BCUT2D eigenvalue weighted by atomic mass is 9.95. The molecule has 1 fully saturated rings. The Morgan fingerprint density at radius 3 is 2.31 bits per heavy atom. The van der Waals surface area contributed by atoms with Gasteiger partial charge < -0.3 is 10.2 Å². The standard InChI is InChI=1S/C27H36N2O2S/c1-20-14-21(2)16-24(15-20)18-32-19-26(30)29(17-23-10-6-4-7-11-23)22(3)27(31)28-25-12-8-5-9-13-25/h4,6-7,10-11,14-16,22,25H,5,8-9,12-13,17-19H2,1-3H3,(H,28,31). The van der Waals surface area contributed by atoms with E-state index in [2.05, 4.69) is 37.4 Å². The van der Waals surface area contributed by atoms with E-state index in [4.69, 9.17) is 0 Å². The van der Waals surface area contributed by atoms with Gasteiger partial charge in [-0.05, 0) is 44.7 Å². The van der Waals surface area contributed by atoms with Crippen molar-refractivity contribution in [3.63, 3.8) is 0 Å². The van der Waals surface area contributed by atoms with E-state index in [1.807, 2.05) is 37.3 Å². The van der Waals surface area contributed by atoms with Crippen LogP contribution in [0.15, 0.2) is 48.5 Å². The van der Waals surface area contributed by atoms with Crippen molar-refractivity contribution in [2.24, 2.45) is 0 Å². The van der Waals surface area contributed by atoms with E-state index in [0.29, 0.717) is 12.3 Å². The van der Waals surface area contributed by atoms with Crippen LogP contribution in [0.25, 0.3) is 0 Å². The van der Waals surface area contributed by atoms with Gasteiger partial charge in [-0.1, -0.05) is 78.9 Å². The molecule has 1 aliphatic carbocycles. The van der Waals surface area contributed by atoms with E-state index in [9.17, 15) is 9.59 Å². The molecule has 172 valence electrons. The monoisotopic (exact) mass is 452 g/mol. The van der Waals surface area contributed by atoms with Gasteiger partial charge in [0.15, 0.2) is 0 Å². The van der Waals surface area contributed by atoms with Crippen LogP contribution in [-0.2, 0) is 21.9 Å². The Morgan fingerprint density at radius 2 is 1.66 bits per heavy atom. The Morgan fingerprint density at radius 1 is 1.00 bits per heavy atom. The molecule has 1 N–H and O–H groups in total. The summed E-state index contributed by atoms with van der Waals surface area (Å²) >= 11 is 1.61. The number of nitrogens with zero attached hydrogens (tertiary/aromatic N) is 1. The Balaban J connectivity index is 1.63. The molecular weight excluding hydrogens is 416 g/mol. The highest BCUT2D eigenvalue weighted by Crippen LogP contribution is 2.20. The zero-order valence-corrected chi connectivity index (χ0v) is 20.4. The average molecular weight is 453 g/mol. The molecule has 0 saturated heterocycles. The van der Waals surface area contributed by atoms with E-state index in [1.54, 1.807) is 16.7 Å². The first-order valence-corrected chi connectivity index (χ1v) is 12.9. The lowest BCUT2D eigenvalue weighted by Gasteiger charge is -2.31. The molecule has 0 aromatic heterocycles. The Hall–Kier alpha value is -2.27. The number of hydrogen-bond acceptors (Lipinski definition) is 3. The molecule has 0 heterocycles. The number of carbonyl (C=O) groups excluding carboxylic acids is 2. The molecule has 1 unspecified atom stereocenters. The summed E-state index contributed by atoms with van der Waals surface area (Å²) in [5, 5.41) is 3.19. The minimum atomic E-state index is -0.494. The van der Waals surface area contributed by atoms with Gasteiger partial charge >= 0.3 is 0 Å². The Kier molecular flexibility index (Phi) is 9.22. The van der Waals surface area contributed by atoms with Crippen LogP contribution in [0.1, 0.15) is 61.3 Å². The van der Waals surface area contributed by atoms with Gasteiger partial charge in [0, 0.05) is 18.3 Å². The second kappa shape index (κ2) is 12.1. The molecule has 0 spiro atoms. The van der Waals surface area contributed by atoms with Crippen molar-refractivity contribution >= 4 is 23.6 Å². The lowest BCUT2D eigenvalue weighted by Crippen LogP contribution is -2.50. The number of carbonyl (C=O) groups is 2. The second-order valence-electron chi connectivity index (χ2n) is 9.02. The van der Waals surface area contributed by atoms with Gasteiger partial charge in [-0.15, -0.1) is 11.8 Å². The average Bonchev–Trinajstić information content (AvgIpc) is 2.77. The van der Waals surface area contributed by atoms with Gasteiger partial charge in [0.25, 0.3) is 0 Å². The van der Waals surface area contributed by atoms with Crippen molar-refractivity contribution in [1.82, 2.24) is 10.2 Å². The summed E-state index contributed by atoms with van der Waals surface area (Å²) in [4.78, 5) is 28.0. The minimum Gasteiger partial charge on any atom is -0.352 e. The minimum absolute atomic E-state index is 0.00882. The third-order valence-electron chi connectivity index (χ3n) is 6.09. The molecule has 2 amide bonds. The first-order valence-electron chi connectivity index (χ1n) is 11.7. The SMILES string of the molecule is Cc1cc(C)cc(CSCC(=O)N(Cc2ccccc2)C(C)C(=O)NC2CCCCC2)c1. The fourth-order valence-corrected chi connectivity index (χ4v) is 5.27. The molecule has 1 saturated carbocycles. The predicted octanol–water partition coefficient (Wildman–Crippen LogP) is 5.40. The third-order valence-corrected chi connectivity index (χ3v) is 7.08. The van der Waals surface area contributed by atoms with Crippen LogP contribution in [-0.4, -0.2) is 34.6 Å². The molecule has 5 heteroatoms. The zero-order valence-electron chi connectivity index (χ0n) is 19.6. The summed E-state index contributed by atoms with van der Waals surface area (Å²) in [5.74, 6) is 1.12. The number of nitrogens with one attached hydrogen (secondary N) is 1. The number of aryl methyl sites for hydroxylation is 2. The fraction of sp³-hybridized carbons (Fsp3) is 0.481. The molecule has 1 atom stereocenters. The summed E-state index contributed by atoms with van der Waals surface area (Å²) in [7, 11) is 0. The number of amides is 2. The van der Waals surface area contributed by atoms with E-state index in [-0.39, 0.29) is 17.9 Å². The maximum absolute atomic E-state index is 13.2. The highest BCUT2D eigenvalue weighted by molar-refractivity contribution is 7.99. The third kappa shape index (κ3) is 7.40. The molecular formula is C27H36N2O2S. The van der Waals surface area contributed by atoms with Crippen LogP contribution >= 0.6 is 11.8 Å². The summed E-state index contributed by atoms with van der Waals surface area (Å²) < 4.78 is 0. The second-order valence-corrected chi connectivity index (χ2v) is 10.0. The maximum atomic E-state index is 13.2. The molecule has 2 aromatic rings. The lowest BCUT2D eigenvalue weighted by molar-refractivity contribution is -0.139. The van der Waals surface area contributed by atoms with Crippen LogP contribution < -0.4 is 5.32 Å². The van der Waals surface area contributed by atoms with E-state index < -0.39 is 6.04 Å². The van der Waals surface area contributed by atoms with Gasteiger partial charge in [0.05, 0.1) is 5.75 Å². The van der Waals surface area contributed by atoms with Gasteiger partial charge in [-0.2, -0.15) is 0 Å². The zero-order chi connectivity index (χ0) is 22.9. The van der Waals surface area contributed by atoms with Crippen molar-refractivity contribution in [3.8, 4) is 0 Å². The summed E-state index contributed by atoms with van der Waals surface area (Å²) in [6.07, 6.45) is 5.66. The number of rotatable bonds is 9. The van der Waals surface area contributed by atoms with E-state index >= 15 is 0 Å². The van der Waals surface area contributed by atoms with Gasteiger partial charge in [-0.25, -0.2) is 0 Å². The molecule has 0 aliphatic heterocycles. The summed E-state index contributed by atoms with van der Waals surface area (Å²) in [5.41, 5.74) is 4.76. The van der Waals surface area contributed by atoms with Crippen LogP contribution in [0.5, 0.6) is 0 Å². The van der Waals surface area contributed by atoms with Crippen LogP contribution in [0.4, 0.5) is 0 Å². The van der Waals surface area contributed by atoms with E-state index in [1.165, 1.54) is 36.0 Å². The topological polar surface area (TPSA) is 49.4 Å². The Labute approximate surface area is 197 Å². The van der Waals surface area contributed by atoms with E-state index in [0.717, 1.165) is 24.2 Å². The van der Waals surface area contributed by atoms with Crippen molar-refractivity contribution < 1.29 is 9.59 Å². The maximum Gasteiger partial charge on any atom is 0.242 e. The molecule has 2 aromatic carbocycles. The van der Waals surface area contributed by atoms with Crippen LogP contribution in [0, 0.1) is 13.8 Å². The van der Waals surface area contributed by atoms with Gasteiger partial charge in [0.2, 0.25) is 11.8 Å². The number of hydrogen-bond donors (Lipinski definition) is 1. The quantitative estimate of drug-likeness (QED) is 0.554. The molecule has 32 heavy (non-hydrogen) atoms. The highest BCUT2D eigenvalue weighted by Gasteiger charge is 2.28. The van der Waals surface area contributed by atoms with Gasteiger partial charge in [0.1, 0.15) is 6.04 Å². The molecule has 3 rings (SSSR count). The van der Waals surface area contributed by atoms with Crippen LogP contribution in [0.2, 0.25) is 0 Å². The van der Waals surface area contributed by atoms with Crippen molar-refractivity contribution in [2.75, 3.05) is 5.75 Å². The molecule has 0 bridgehead atoms. The smallest absolute Gasteiger partial charge is 0.242 e. The first-order chi connectivity index (χ1) is 15.4. The highest BCUT2D eigenvalue weighted by atomic mass is 32.2. The molecule has 4 nitrogen and oxygen atoms in total. The molecule has 1 aliphatic rings. The predicted molar refractivity (Wildman–Crippen MR) is 134 cm³/mol. The van der Waals surface area contributed by atoms with Crippen molar-refractivity contribution in [2.45, 2.75) is 77.3 Å². The normalized spacial score (nSPS) is 15.2. The number of benzene rings is 2. The van der Waals surface area contributed by atoms with Gasteiger partial charge in [-0.3, -0.25) is 9.59 Å². The van der Waals surface area contributed by atoms with Crippen LogP contribution in [0.3, 0.4) is 0 Å². The Bertz CT molecular complexity index is 874. The molecule has 0 radical (unpaired) electrons. The number of thioether (sulfide) groups is 1. The fourth-order valence-electron chi connectivity index (χ4n) is 4.42. The first kappa shape index (κ1) is 24.4.